The van der Waals surface area contributed by atoms with Crippen LogP contribution in [0.3, 0.4) is 0 Å². The molecule has 6 nitrogen and oxygen atoms in total. The molecule has 2 aromatic carbocycles. The molecule has 1 atom stereocenters. The van der Waals surface area contributed by atoms with Crippen LogP contribution >= 0.6 is 15.9 Å². The summed E-state index contributed by atoms with van der Waals surface area (Å²) in [5.41, 5.74) is 1.60. The molecule has 0 aromatic heterocycles. The second-order valence-electron chi connectivity index (χ2n) is 6.45. The average Bonchev–Trinajstić information content (AvgIpc) is 2.59. The summed E-state index contributed by atoms with van der Waals surface area (Å²) in [6.45, 7) is 5.14. The molecule has 0 aliphatic heterocycles. The molecule has 0 unspecified atom stereocenters. The van der Waals surface area contributed by atoms with E-state index in [-0.39, 0.29) is 23.6 Å². The maximum atomic E-state index is 12.7. The van der Waals surface area contributed by atoms with Gasteiger partial charge in [0.1, 0.15) is 6.04 Å². The zero-order valence-electron chi connectivity index (χ0n) is 15.4. The van der Waals surface area contributed by atoms with Crippen LogP contribution < -0.4 is 16.0 Å². The smallest absolute Gasteiger partial charge is 0.251 e. The normalized spacial score (nSPS) is 11.6. The van der Waals surface area contributed by atoms with Gasteiger partial charge < -0.3 is 16.0 Å². The highest BCUT2D eigenvalue weighted by molar-refractivity contribution is 9.10. The SMILES string of the molecule is CC(=O)Nc1cccc(NC(=O)[C@@H](NC(=O)c2ccc(Br)cc2)C(C)C)c1. The van der Waals surface area contributed by atoms with Gasteiger partial charge in [-0.05, 0) is 48.4 Å². The number of hydrogen-bond acceptors (Lipinski definition) is 3. The highest BCUT2D eigenvalue weighted by Gasteiger charge is 2.24. The Hall–Kier alpha value is -2.67. The van der Waals surface area contributed by atoms with Crippen LogP contribution in [0.5, 0.6) is 0 Å². The second-order valence-corrected chi connectivity index (χ2v) is 7.37. The third-order valence-electron chi connectivity index (χ3n) is 3.79. The summed E-state index contributed by atoms with van der Waals surface area (Å²) in [5.74, 6) is -0.943. The van der Waals surface area contributed by atoms with Gasteiger partial charge in [0.25, 0.3) is 5.91 Å². The Morgan fingerprint density at radius 1 is 0.926 bits per heavy atom. The van der Waals surface area contributed by atoms with Crippen molar-refractivity contribution >= 4 is 45.0 Å². The van der Waals surface area contributed by atoms with Gasteiger partial charge in [0.05, 0.1) is 0 Å². The summed E-state index contributed by atoms with van der Waals surface area (Å²) in [6.07, 6.45) is 0. The summed E-state index contributed by atoms with van der Waals surface area (Å²) < 4.78 is 0.872. The van der Waals surface area contributed by atoms with Crippen LogP contribution in [0.1, 0.15) is 31.1 Å². The average molecular weight is 432 g/mol. The first-order valence-corrected chi connectivity index (χ1v) is 9.30. The van der Waals surface area contributed by atoms with E-state index in [0.717, 1.165) is 4.47 Å². The number of rotatable bonds is 6. The highest BCUT2D eigenvalue weighted by atomic mass is 79.9. The number of benzene rings is 2. The van der Waals surface area contributed by atoms with Crippen molar-refractivity contribution in [1.29, 1.82) is 0 Å². The van der Waals surface area contributed by atoms with Gasteiger partial charge in [-0.25, -0.2) is 0 Å². The van der Waals surface area contributed by atoms with Crippen LogP contribution in [0.2, 0.25) is 0 Å². The zero-order valence-corrected chi connectivity index (χ0v) is 17.0. The summed E-state index contributed by atoms with van der Waals surface area (Å²) in [4.78, 5) is 36.3. The first kappa shape index (κ1) is 20.6. The van der Waals surface area contributed by atoms with Gasteiger partial charge in [0.2, 0.25) is 11.8 Å². The Kier molecular flexibility index (Phi) is 7.12. The van der Waals surface area contributed by atoms with Gasteiger partial charge in [-0.15, -0.1) is 0 Å². The molecule has 0 radical (unpaired) electrons. The predicted octanol–water partition coefficient (Wildman–Crippen LogP) is 3.80. The highest BCUT2D eigenvalue weighted by Crippen LogP contribution is 2.17. The third-order valence-corrected chi connectivity index (χ3v) is 4.32. The van der Waals surface area contributed by atoms with Crippen molar-refractivity contribution < 1.29 is 14.4 Å². The molecule has 2 aromatic rings. The van der Waals surface area contributed by atoms with E-state index >= 15 is 0 Å². The number of amides is 3. The largest absolute Gasteiger partial charge is 0.340 e. The zero-order chi connectivity index (χ0) is 20.0. The maximum absolute atomic E-state index is 12.7. The van der Waals surface area contributed by atoms with E-state index < -0.39 is 6.04 Å². The first-order valence-electron chi connectivity index (χ1n) is 8.51. The molecule has 3 amide bonds. The van der Waals surface area contributed by atoms with Crippen molar-refractivity contribution in [3.63, 3.8) is 0 Å². The topological polar surface area (TPSA) is 87.3 Å². The fourth-order valence-corrected chi connectivity index (χ4v) is 2.72. The number of hydrogen-bond donors (Lipinski definition) is 3. The van der Waals surface area contributed by atoms with Crippen molar-refractivity contribution in [2.24, 2.45) is 5.92 Å². The van der Waals surface area contributed by atoms with Crippen molar-refractivity contribution in [1.82, 2.24) is 5.32 Å². The lowest BCUT2D eigenvalue weighted by Gasteiger charge is -2.22. The van der Waals surface area contributed by atoms with Crippen LogP contribution in [0.25, 0.3) is 0 Å². The molecule has 27 heavy (non-hydrogen) atoms. The first-order chi connectivity index (χ1) is 12.8. The van der Waals surface area contributed by atoms with Crippen molar-refractivity contribution in [3.8, 4) is 0 Å². The maximum Gasteiger partial charge on any atom is 0.251 e. The van der Waals surface area contributed by atoms with E-state index in [0.29, 0.717) is 16.9 Å². The van der Waals surface area contributed by atoms with Gasteiger partial charge in [0, 0.05) is 28.3 Å². The van der Waals surface area contributed by atoms with Crippen molar-refractivity contribution in [2.75, 3.05) is 10.6 Å². The van der Waals surface area contributed by atoms with E-state index in [4.69, 9.17) is 0 Å². The Labute approximate surface area is 166 Å². The third kappa shape index (κ3) is 6.21. The Morgan fingerprint density at radius 3 is 2.07 bits per heavy atom. The van der Waals surface area contributed by atoms with Gasteiger partial charge in [-0.3, -0.25) is 14.4 Å². The molecular weight excluding hydrogens is 410 g/mol. The number of carbonyl (C=O) groups is 3. The Bertz CT molecular complexity index is 835. The molecule has 0 aliphatic rings. The molecule has 142 valence electrons. The second kappa shape index (κ2) is 9.32. The Balaban J connectivity index is 2.09. The quantitative estimate of drug-likeness (QED) is 0.649. The van der Waals surface area contributed by atoms with Crippen LogP contribution in [0.4, 0.5) is 11.4 Å². The molecular formula is C20H22BrN3O3. The van der Waals surface area contributed by atoms with Gasteiger partial charge in [0.15, 0.2) is 0 Å². The van der Waals surface area contributed by atoms with E-state index in [1.807, 2.05) is 13.8 Å². The lowest BCUT2D eigenvalue weighted by Crippen LogP contribution is -2.47. The minimum absolute atomic E-state index is 0.108. The fourth-order valence-electron chi connectivity index (χ4n) is 2.46. The summed E-state index contributed by atoms with van der Waals surface area (Å²) in [6, 6.07) is 13.0. The van der Waals surface area contributed by atoms with Crippen molar-refractivity contribution in [2.45, 2.75) is 26.8 Å². The number of carbonyl (C=O) groups excluding carboxylic acids is 3. The monoisotopic (exact) mass is 431 g/mol. The van der Waals surface area contributed by atoms with Crippen LogP contribution in [-0.2, 0) is 9.59 Å². The van der Waals surface area contributed by atoms with E-state index in [9.17, 15) is 14.4 Å². The molecule has 2 rings (SSSR count). The molecule has 0 saturated carbocycles. The summed E-state index contributed by atoms with van der Waals surface area (Å²) in [5, 5.41) is 8.24. The van der Waals surface area contributed by atoms with E-state index in [1.165, 1.54) is 6.92 Å². The molecule has 0 fully saturated rings. The molecule has 3 N–H and O–H groups in total. The van der Waals surface area contributed by atoms with E-state index in [2.05, 4.69) is 31.9 Å². The minimum atomic E-state index is -0.703. The van der Waals surface area contributed by atoms with Gasteiger partial charge >= 0.3 is 0 Å². The van der Waals surface area contributed by atoms with Gasteiger partial charge in [-0.2, -0.15) is 0 Å². The standard InChI is InChI=1S/C20H22BrN3O3/c1-12(2)18(24-19(26)14-7-9-15(21)10-8-14)20(27)23-17-6-4-5-16(11-17)22-13(3)25/h4-12,18H,1-3H3,(H,22,25)(H,23,27)(H,24,26)/t18-/m0/s1. The molecule has 7 heteroatoms. The number of nitrogens with one attached hydrogen (secondary N) is 3. The number of halogens is 1. The van der Waals surface area contributed by atoms with Crippen LogP contribution in [-0.4, -0.2) is 23.8 Å². The fraction of sp³-hybridized carbons (Fsp3) is 0.250. The van der Waals surface area contributed by atoms with E-state index in [1.54, 1.807) is 48.5 Å². The lowest BCUT2D eigenvalue weighted by atomic mass is 10.0. The summed E-state index contributed by atoms with van der Waals surface area (Å²) in [7, 11) is 0. The summed E-state index contributed by atoms with van der Waals surface area (Å²) >= 11 is 3.33. The molecule has 0 spiro atoms. The minimum Gasteiger partial charge on any atom is -0.340 e. The van der Waals surface area contributed by atoms with Gasteiger partial charge in [-0.1, -0.05) is 35.8 Å². The molecule has 0 heterocycles. The molecule has 0 bridgehead atoms. The predicted molar refractivity (Wildman–Crippen MR) is 110 cm³/mol. The van der Waals surface area contributed by atoms with Crippen LogP contribution in [0, 0.1) is 5.92 Å². The van der Waals surface area contributed by atoms with Crippen LogP contribution in [0.15, 0.2) is 53.0 Å². The molecule has 0 aliphatic carbocycles. The number of anilines is 2. The van der Waals surface area contributed by atoms with Crippen molar-refractivity contribution in [3.05, 3.63) is 58.6 Å². The lowest BCUT2D eigenvalue weighted by molar-refractivity contribution is -0.119. The molecule has 0 saturated heterocycles. The Morgan fingerprint density at radius 2 is 1.52 bits per heavy atom.